The van der Waals surface area contributed by atoms with Gasteiger partial charge in [0.1, 0.15) is 5.75 Å². The Morgan fingerprint density at radius 3 is 2.37 bits per heavy atom. The van der Waals surface area contributed by atoms with Crippen molar-refractivity contribution in [3.05, 3.63) is 58.8 Å². The molecule has 186 valence electrons. The molecule has 2 heterocycles. The van der Waals surface area contributed by atoms with Crippen molar-refractivity contribution in [1.29, 1.82) is 0 Å². The van der Waals surface area contributed by atoms with Crippen LogP contribution < -0.4 is 9.64 Å². The minimum Gasteiger partial charge on any atom is -0.467 e. The zero-order valence-electron chi connectivity index (χ0n) is 18.5. The molecule has 1 saturated heterocycles. The van der Waals surface area contributed by atoms with Gasteiger partial charge >= 0.3 is 24.5 Å². The van der Waals surface area contributed by atoms with Crippen molar-refractivity contribution in [2.75, 3.05) is 32.3 Å². The number of alkyl halides is 3. The van der Waals surface area contributed by atoms with Crippen LogP contribution in [-0.4, -0.2) is 67.2 Å². The number of halogens is 4. The number of rotatable bonds is 3. The number of hydrogen-bond donors (Lipinski definition) is 0. The number of esters is 1. The predicted molar refractivity (Wildman–Crippen MR) is 116 cm³/mol. The lowest BCUT2D eigenvalue weighted by Gasteiger charge is -2.38. The van der Waals surface area contributed by atoms with E-state index in [2.05, 4.69) is 4.74 Å². The van der Waals surface area contributed by atoms with Gasteiger partial charge in [0.25, 0.3) is 0 Å². The van der Waals surface area contributed by atoms with Crippen molar-refractivity contribution < 1.29 is 41.8 Å². The SMILES string of the molecule is COC(=O)N(C(=O)N1CC2=CC3=CC(Cl)=CCC3(C(=O)OC)N2C1)c1ccc(OC(F)(F)F)cc1. The molecule has 4 rings (SSSR count). The number of fused-ring (bicyclic) bond motifs is 3. The fourth-order valence-electron chi connectivity index (χ4n) is 4.31. The predicted octanol–water partition coefficient (Wildman–Crippen LogP) is 4.12. The minimum absolute atomic E-state index is 0.0342. The van der Waals surface area contributed by atoms with Gasteiger partial charge in [-0.15, -0.1) is 13.2 Å². The van der Waals surface area contributed by atoms with Crippen LogP contribution in [0.4, 0.5) is 28.4 Å². The molecule has 1 unspecified atom stereocenters. The van der Waals surface area contributed by atoms with Crippen LogP contribution in [-0.2, 0) is 14.3 Å². The molecule has 3 amide bonds. The first-order valence-corrected chi connectivity index (χ1v) is 10.5. The third kappa shape index (κ3) is 4.29. The minimum atomic E-state index is -4.89. The number of amides is 3. The molecule has 0 saturated carbocycles. The van der Waals surface area contributed by atoms with Crippen LogP contribution >= 0.6 is 11.6 Å². The van der Waals surface area contributed by atoms with Gasteiger partial charge in [-0.3, -0.25) is 0 Å². The van der Waals surface area contributed by atoms with Crippen LogP contribution in [0.15, 0.2) is 58.8 Å². The Morgan fingerprint density at radius 2 is 1.77 bits per heavy atom. The molecule has 1 aromatic rings. The maximum absolute atomic E-state index is 13.4. The van der Waals surface area contributed by atoms with Crippen molar-refractivity contribution in [3.8, 4) is 5.75 Å². The largest absolute Gasteiger partial charge is 0.573 e. The summed E-state index contributed by atoms with van der Waals surface area (Å²) < 4.78 is 51.0. The first-order chi connectivity index (χ1) is 16.5. The van der Waals surface area contributed by atoms with E-state index in [1.54, 1.807) is 23.1 Å². The first-order valence-electron chi connectivity index (χ1n) is 10.2. The van der Waals surface area contributed by atoms with Gasteiger partial charge in [-0.25, -0.2) is 14.4 Å². The Hall–Kier alpha value is -3.67. The van der Waals surface area contributed by atoms with Crippen LogP contribution in [0.1, 0.15) is 6.42 Å². The lowest BCUT2D eigenvalue weighted by atomic mass is 9.84. The fraction of sp³-hybridized carbons (Fsp3) is 0.318. The molecule has 1 aliphatic carbocycles. The number of benzene rings is 1. The van der Waals surface area contributed by atoms with E-state index in [0.717, 1.165) is 31.4 Å². The Bertz CT molecular complexity index is 1160. The summed E-state index contributed by atoms with van der Waals surface area (Å²) in [6.45, 7) is -0.0133. The number of anilines is 1. The van der Waals surface area contributed by atoms with E-state index >= 15 is 0 Å². The van der Waals surface area contributed by atoms with Gasteiger partial charge in [0.2, 0.25) is 0 Å². The van der Waals surface area contributed by atoms with E-state index in [4.69, 9.17) is 21.1 Å². The summed E-state index contributed by atoms with van der Waals surface area (Å²) in [5, 5.41) is 0.472. The van der Waals surface area contributed by atoms with Crippen LogP contribution in [0, 0.1) is 0 Å². The second-order valence-electron chi connectivity index (χ2n) is 7.78. The van der Waals surface area contributed by atoms with Crippen LogP contribution in [0.5, 0.6) is 5.75 Å². The van der Waals surface area contributed by atoms with E-state index < -0.39 is 35.7 Å². The molecule has 0 aromatic heterocycles. The first kappa shape index (κ1) is 24.5. The molecule has 1 atom stereocenters. The summed E-state index contributed by atoms with van der Waals surface area (Å²) in [6, 6.07) is 3.39. The van der Waals surface area contributed by atoms with Crippen LogP contribution in [0.3, 0.4) is 0 Å². The average molecular weight is 514 g/mol. The van der Waals surface area contributed by atoms with Gasteiger partial charge in [0.15, 0.2) is 5.54 Å². The molecule has 0 bridgehead atoms. The Labute approximate surface area is 202 Å². The summed E-state index contributed by atoms with van der Waals surface area (Å²) in [6.07, 6.45) is -0.648. The topological polar surface area (TPSA) is 88.6 Å². The van der Waals surface area contributed by atoms with Crippen LogP contribution in [0.2, 0.25) is 0 Å². The maximum Gasteiger partial charge on any atom is 0.573 e. The van der Waals surface area contributed by atoms with E-state index in [-0.39, 0.29) is 25.3 Å². The Balaban J connectivity index is 1.61. The lowest BCUT2D eigenvalue weighted by molar-refractivity contribution is -0.274. The molecule has 9 nitrogen and oxygen atoms in total. The molecule has 1 aromatic carbocycles. The molecule has 0 N–H and O–H groups in total. The average Bonchev–Trinajstić information content (AvgIpc) is 3.35. The quantitative estimate of drug-likeness (QED) is 0.562. The monoisotopic (exact) mass is 513 g/mol. The molecule has 3 aliphatic rings. The molecule has 35 heavy (non-hydrogen) atoms. The molecular weight excluding hydrogens is 495 g/mol. The number of ether oxygens (including phenoxy) is 3. The standard InChI is InChI=1S/C22H19ClF3N3O6/c1-33-18(30)21-8-7-14(23)9-13(21)10-16-11-27(12-28(16)21)19(31)29(20(32)34-2)15-3-5-17(6-4-15)35-22(24,25)26/h3-7,9-10H,8,11-12H2,1-2H3. The molecule has 0 radical (unpaired) electrons. The maximum atomic E-state index is 13.4. The third-order valence-corrected chi connectivity index (χ3v) is 6.09. The van der Waals surface area contributed by atoms with Crippen molar-refractivity contribution in [3.63, 3.8) is 0 Å². The highest BCUT2D eigenvalue weighted by Crippen LogP contribution is 2.46. The smallest absolute Gasteiger partial charge is 0.467 e. The summed E-state index contributed by atoms with van der Waals surface area (Å²) in [5.74, 6) is -1.05. The zero-order valence-corrected chi connectivity index (χ0v) is 19.2. The van der Waals surface area contributed by atoms with Gasteiger partial charge in [-0.2, -0.15) is 4.90 Å². The molecule has 2 aliphatic heterocycles. The van der Waals surface area contributed by atoms with Crippen molar-refractivity contribution in [2.45, 2.75) is 18.3 Å². The summed E-state index contributed by atoms with van der Waals surface area (Å²) in [4.78, 5) is 42.4. The highest BCUT2D eigenvalue weighted by Gasteiger charge is 2.56. The fourth-order valence-corrected chi connectivity index (χ4v) is 4.50. The summed E-state index contributed by atoms with van der Waals surface area (Å²) in [5.41, 5.74) is 0.0232. The van der Waals surface area contributed by atoms with E-state index in [0.29, 0.717) is 21.2 Å². The molecule has 1 fully saturated rings. The van der Waals surface area contributed by atoms with Crippen molar-refractivity contribution in [1.82, 2.24) is 9.80 Å². The van der Waals surface area contributed by atoms with Gasteiger partial charge in [-0.1, -0.05) is 17.7 Å². The normalized spacial score (nSPS) is 20.8. The van der Waals surface area contributed by atoms with Gasteiger partial charge in [-0.05, 0) is 42.0 Å². The van der Waals surface area contributed by atoms with E-state index in [9.17, 15) is 27.6 Å². The number of imide groups is 1. The van der Waals surface area contributed by atoms with Gasteiger partial charge < -0.3 is 24.0 Å². The van der Waals surface area contributed by atoms with Crippen LogP contribution in [0.25, 0.3) is 0 Å². The second kappa shape index (κ2) is 8.84. The summed E-state index contributed by atoms with van der Waals surface area (Å²) >= 11 is 6.13. The lowest BCUT2D eigenvalue weighted by Crippen LogP contribution is -2.54. The number of methoxy groups -OCH3 is 2. The number of carbonyl (C=O) groups is 3. The zero-order chi connectivity index (χ0) is 25.5. The molecule has 13 heteroatoms. The van der Waals surface area contributed by atoms with E-state index in [1.165, 1.54) is 12.0 Å². The highest BCUT2D eigenvalue weighted by atomic mass is 35.5. The number of allylic oxidation sites excluding steroid dienone is 2. The third-order valence-electron chi connectivity index (χ3n) is 5.83. The van der Waals surface area contributed by atoms with Crippen molar-refractivity contribution in [2.24, 2.45) is 0 Å². The highest BCUT2D eigenvalue weighted by molar-refractivity contribution is 6.31. The Morgan fingerprint density at radius 1 is 1.09 bits per heavy atom. The Kier molecular flexibility index (Phi) is 6.18. The second-order valence-corrected chi connectivity index (χ2v) is 8.21. The number of urea groups is 1. The number of hydrogen-bond acceptors (Lipinski definition) is 7. The summed E-state index contributed by atoms with van der Waals surface area (Å²) in [7, 11) is 2.33. The van der Waals surface area contributed by atoms with Gasteiger partial charge in [0.05, 0.1) is 33.1 Å². The number of carbonyl (C=O) groups excluding carboxylic acids is 3. The van der Waals surface area contributed by atoms with Gasteiger partial charge in [0, 0.05) is 17.2 Å². The molecular formula is C22H19ClF3N3O6. The molecule has 0 spiro atoms. The number of nitrogens with zero attached hydrogens (tertiary/aromatic N) is 3. The van der Waals surface area contributed by atoms with Crippen molar-refractivity contribution >= 4 is 35.4 Å². The van der Waals surface area contributed by atoms with E-state index in [1.807, 2.05) is 0 Å².